The van der Waals surface area contributed by atoms with Crippen molar-refractivity contribution in [2.45, 2.75) is 52.1 Å². The van der Waals surface area contributed by atoms with Gasteiger partial charge in [-0.3, -0.25) is 38.4 Å². The predicted octanol–water partition coefficient (Wildman–Crippen LogP) is 4.63. The third-order valence-electron chi connectivity index (χ3n) is 11.8. The van der Waals surface area contributed by atoms with Crippen molar-refractivity contribution in [3.05, 3.63) is 114 Å². The summed E-state index contributed by atoms with van der Waals surface area (Å²) in [5, 5.41) is 45.9. The van der Waals surface area contributed by atoms with Gasteiger partial charge in [-0.05, 0) is 86.4 Å². The average molecular weight is 779 g/mol. The number of carbonyl (C=O) groups excluding carboxylic acids is 8. The summed E-state index contributed by atoms with van der Waals surface area (Å²) in [6.07, 6.45) is -2.68. The molecule has 4 aromatic rings. The molecule has 0 bridgehead atoms. The van der Waals surface area contributed by atoms with Crippen LogP contribution in [0.15, 0.2) is 36.4 Å². The number of aromatic hydroxyl groups is 4. The second-order valence-corrected chi connectivity index (χ2v) is 15.3. The number of phenols is 4. The van der Waals surface area contributed by atoms with Gasteiger partial charge in [0.15, 0.2) is 70.7 Å². The lowest BCUT2D eigenvalue weighted by Gasteiger charge is -2.27. The number of fused-ring (bicyclic) bond motifs is 6. The number of allylic oxidation sites excluding steroid dienone is 4. The molecule has 0 unspecified atom stereocenters. The Hall–Kier alpha value is -7.16. The highest BCUT2D eigenvalue weighted by atomic mass is 16.6. The number of rotatable bonds is 3. The van der Waals surface area contributed by atoms with E-state index in [1.165, 1.54) is 45.0 Å². The van der Waals surface area contributed by atoms with Gasteiger partial charge in [0.05, 0.1) is 22.3 Å². The number of hydrogen-bond donors (Lipinski definition) is 4. The maximum Gasteiger partial charge on any atom is 0.199 e. The van der Waals surface area contributed by atoms with Gasteiger partial charge in [-0.1, -0.05) is 0 Å². The number of epoxide rings is 2. The molecule has 14 heteroatoms. The average Bonchev–Trinajstić information content (AvgIpc) is 4.08. The van der Waals surface area contributed by atoms with E-state index in [1.54, 1.807) is 6.92 Å². The molecule has 58 heavy (non-hydrogen) atoms. The number of ether oxygens (including phenoxy) is 2. The van der Waals surface area contributed by atoms with E-state index >= 15 is 0 Å². The largest absolute Gasteiger partial charge is 0.507 e. The van der Waals surface area contributed by atoms with Crippen LogP contribution in [0.4, 0.5) is 0 Å². The summed E-state index contributed by atoms with van der Waals surface area (Å²) in [7, 11) is 0. The molecule has 0 radical (unpaired) electrons. The highest BCUT2D eigenvalue weighted by Gasteiger charge is 2.58. The minimum Gasteiger partial charge on any atom is -0.507 e. The van der Waals surface area contributed by atoms with Gasteiger partial charge in [-0.15, -0.1) is 0 Å². The molecule has 2 fully saturated rings. The van der Waals surface area contributed by atoms with Crippen LogP contribution in [-0.2, 0) is 9.47 Å². The fraction of sp³-hybridized carbons (Fsp3) is 0.182. The molecule has 10 rings (SSSR count). The summed E-state index contributed by atoms with van der Waals surface area (Å²) in [5.74, 6) is -8.75. The molecule has 2 aliphatic heterocycles. The van der Waals surface area contributed by atoms with Gasteiger partial charge < -0.3 is 29.9 Å². The molecule has 286 valence electrons. The summed E-state index contributed by atoms with van der Waals surface area (Å²) in [6.45, 7) is 5.91. The van der Waals surface area contributed by atoms with Crippen molar-refractivity contribution >= 4 is 57.4 Å². The third-order valence-corrected chi connectivity index (χ3v) is 11.8. The molecule has 2 heterocycles. The number of carbonyl (C=O) groups is 8. The van der Waals surface area contributed by atoms with Crippen molar-refractivity contribution in [2.24, 2.45) is 0 Å². The van der Waals surface area contributed by atoms with Crippen LogP contribution in [0, 0.1) is 27.7 Å². The molecule has 0 spiro atoms. The van der Waals surface area contributed by atoms with Crippen LogP contribution >= 0.6 is 0 Å². The lowest BCUT2D eigenvalue weighted by Crippen LogP contribution is -2.28. The molecular formula is C44H26O14. The molecule has 2 saturated heterocycles. The standard InChI is InChI=1S/C44H26O14/c1-11-5-15-27(20(45)6-11)21(46)10-19(32(15)48)25-14(4)26(30-31(37(25)53)40(56)44-43(58-44)39(30)55)24-13(3)8-16-28(36(24)52)22(47)9-18(33(16)49)23-12(2)7-17-29(35(23)51)38(54)42-41(57-42)34(17)50/h5-10,41-45,51-53H,1-4H3/t41-,42+,43+,44-/m1/s1. The number of aryl methyl sites for hydroxylation is 3. The van der Waals surface area contributed by atoms with Crippen LogP contribution < -0.4 is 0 Å². The Kier molecular flexibility index (Phi) is 6.84. The van der Waals surface area contributed by atoms with E-state index in [9.17, 15) is 58.8 Å². The molecule has 0 saturated carbocycles. The molecule has 6 aliphatic rings. The van der Waals surface area contributed by atoms with Crippen LogP contribution in [0.5, 0.6) is 23.0 Å². The van der Waals surface area contributed by atoms with Crippen LogP contribution in [0.3, 0.4) is 0 Å². The van der Waals surface area contributed by atoms with E-state index in [0.29, 0.717) is 5.56 Å². The van der Waals surface area contributed by atoms with Gasteiger partial charge in [-0.25, -0.2) is 0 Å². The minimum absolute atomic E-state index is 0.0518. The summed E-state index contributed by atoms with van der Waals surface area (Å²) < 4.78 is 10.6. The highest BCUT2D eigenvalue weighted by molar-refractivity contribution is 6.42. The SMILES string of the molecule is Cc1cc(O)c2c(c1)C(=O)C(c1c(C)c(-c3c(C)cc4c(c3O)C(=O)C=C(c3c(C)cc5c(c3O)C(=O)[C@@H]3O[C@@H]3C5=O)C4=O)c3c(c1O)C(=O)[C@H]1O[C@H]1C3=O)=CC2=O. The van der Waals surface area contributed by atoms with E-state index in [4.69, 9.17) is 9.47 Å². The van der Waals surface area contributed by atoms with Crippen molar-refractivity contribution in [3.8, 4) is 34.1 Å². The van der Waals surface area contributed by atoms with Gasteiger partial charge in [0.25, 0.3) is 0 Å². The van der Waals surface area contributed by atoms with Crippen LogP contribution in [0.2, 0.25) is 0 Å². The van der Waals surface area contributed by atoms with Crippen LogP contribution in [0.1, 0.15) is 116 Å². The predicted molar refractivity (Wildman–Crippen MR) is 198 cm³/mol. The van der Waals surface area contributed by atoms with E-state index in [0.717, 1.165) is 12.2 Å². The molecule has 4 aromatic carbocycles. The number of ketones is 8. The first-order chi connectivity index (χ1) is 27.4. The maximum absolute atomic E-state index is 14.3. The fourth-order valence-electron chi connectivity index (χ4n) is 9.12. The minimum atomic E-state index is -1.23. The second kappa shape index (κ2) is 11.2. The first-order valence-electron chi connectivity index (χ1n) is 18.0. The zero-order valence-electron chi connectivity index (χ0n) is 30.6. The molecule has 4 aliphatic carbocycles. The van der Waals surface area contributed by atoms with E-state index in [-0.39, 0.29) is 83.5 Å². The van der Waals surface area contributed by atoms with Crippen LogP contribution in [0.25, 0.3) is 22.3 Å². The first kappa shape index (κ1) is 35.3. The maximum atomic E-state index is 14.3. The number of hydrogen-bond acceptors (Lipinski definition) is 14. The Morgan fingerprint density at radius 2 is 0.897 bits per heavy atom. The van der Waals surface area contributed by atoms with E-state index < -0.39 is 105 Å². The van der Waals surface area contributed by atoms with Gasteiger partial charge in [0.2, 0.25) is 0 Å². The summed E-state index contributed by atoms with van der Waals surface area (Å²) in [6, 6.07) is 5.29. The number of phenolic OH excluding ortho intramolecular Hbond substituents is 4. The van der Waals surface area contributed by atoms with Gasteiger partial charge in [0.1, 0.15) is 23.0 Å². The monoisotopic (exact) mass is 778 g/mol. The number of benzene rings is 4. The summed E-state index contributed by atoms with van der Waals surface area (Å²) >= 11 is 0. The topological polar surface area (TPSA) is 243 Å². The summed E-state index contributed by atoms with van der Waals surface area (Å²) in [5.41, 5.74) is -3.47. The van der Waals surface area contributed by atoms with Gasteiger partial charge in [0, 0.05) is 55.7 Å². The van der Waals surface area contributed by atoms with Crippen molar-refractivity contribution < 1.29 is 68.3 Å². The van der Waals surface area contributed by atoms with Gasteiger partial charge in [-0.2, -0.15) is 0 Å². The Morgan fingerprint density at radius 3 is 1.53 bits per heavy atom. The fourth-order valence-corrected chi connectivity index (χ4v) is 9.12. The van der Waals surface area contributed by atoms with Crippen molar-refractivity contribution in [2.75, 3.05) is 0 Å². The van der Waals surface area contributed by atoms with Crippen molar-refractivity contribution in [1.29, 1.82) is 0 Å². The zero-order valence-corrected chi connectivity index (χ0v) is 30.6. The lowest BCUT2D eigenvalue weighted by atomic mass is 9.74. The Labute approximate surface area is 325 Å². The van der Waals surface area contributed by atoms with Crippen molar-refractivity contribution in [3.63, 3.8) is 0 Å². The molecule has 0 amide bonds. The Bertz CT molecular complexity index is 2990. The molecule has 4 atom stereocenters. The normalized spacial score (nSPS) is 22.4. The first-order valence-corrected chi connectivity index (χ1v) is 18.0. The Balaban J connectivity index is 1.18. The Morgan fingerprint density at radius 1 is 0.431 bits per heavy atom. The van der Waals surface area contributed by atoms with E-state index in [2.05, 4.69) is 0 Å². The van der Waals surface area contributed by atoms with Gasteiger partial charge >= 0.3 is 0 Å². The summed E-state index contributed by atoms with van der Waals surface area (Å²) in [4.78, 5) is 110. The second-order valence-electron chi connectivity index (χ2n) is 15.3. The smallest absolute Gasteiger partial charge is 0.199 e. The quantitative estimate of drug-likeness (QED) is 0.207. The highest BCUT2D eigenvalue weighted by Crippen LogP contribution is 2.53. The molecule has 14 nitrogen and oxygen atoms in total. The van der Waals surface area contributed by atoms with Crippen molar-refractivity contribution in [1.82, 2.24) is 0 Å². The zero-order chi connectivity index (χ0) is 41.3. The third kappa shape index (κ3) is 4.32. The van der Waals surface area contributed by atoms with E-state index in [1.807, 2.05) is 0 Å². The number of Topliss-reactive ketones (excluding diaryl/α,β-unsaturated/α-hetero) is 6. The lowest BCUT2D eigenvalue weighted by molar-refractivity contribution is 0.0919. The molecular weight excluding hydrogens is 752 g/mol. The molecule has 4 N–H and O–H groups in total. The molecule has 0 aromatic heterocycles. The van der Waals surface area contributed by atoms with Crippen LogP contribution in [-0.4, -0.2) is 91.1 Å².